The van der Waals surface area contributed by atoms with Crippen LogP contribution in [0.25, 0.3) is 0 Å². The zero-order valence-corrected chi connectivity index (χ0v) is 15.4. The number of likely N-dealkylation sites (tertiary alicyclic amines) is 1. The maximum atomic E-state index is 13.7. The van der Waals surface area contributed by atoms with Crippen LogP contribution in [0, 0.1) is 11.7 Å². The van der Waals surface area contributed by atoms with Crippen molar-refractivity contribution < 1.29 is 4.39 Å². The van der Waals surface area contributed by atoms with E-state index in [1.165, 1.54) is 25.9 Å². The van der Waals surface area contributed by atoms with E-state index in [0.29, 0.717) is 6.04 Å². The molecule has 0 aliphatic carbocycles. The second-order valence-electron chi connectivity index (χ2n) is 7.90. The van der Waals surface area contributed by atoms with Gasteiger partial charge in [0.2, 0.25) is 0 Å². The molecule has 2 fully saturated rings. The number of benzene rings is 2. The highest BCUT2D eigenvalue weighted by atomic mass is 19.1. The summed E-state index contributed by atoms with van der Waals surface area (Å²) in [7, 11) is 0. The molecule has 3 unspecified atom stereocenters. The van der Waals surface area contributed by atoms with Crippen molar-refractivity contribution in [1.29, 1.82) is 0 Å². The summed E-state index contributed by atoms with van der Waals surface area (Å²) in [4.78, 5) is 2.65. The van der Waals surface area contributed by atoms with Crippen LogP contribution < -0.4 is 5.32 Å². The molecule has 0 bridgehead atoms. The quantitative estimate of drug-likeness (QED) is 0.885. The van der Waals surface area contributed by atoms with E-state index in [9.17, 15) is 4.39 Å². The predicted molar refractivity (Wildman–Crippen MR) is 104 cm³/mol. The van der Waals surface area contributed by atoms with E-state index in [1.807, 2.05) is 24.3 Å². The molecular weight excluding hydrogens is 339 g/mol. The van der Waals surface area contributed by atoms with Gasteiger partial charge in [0.05, 0.1) is 5.69 Å². The Kier molecular flexibility index (Phi) is 4.29. The van der Waals surface area contributed by atoms with E-state index < -0.39 is 5.54 Å². The molecular formula is C22H25FN4. The molecule has 0 saturated carbocycles. The van der Waals surface area contributed by atoms with E-state index >= 15 is 0 Å². The van der Waals surface area contributed by atoms with E-state index in [0.717, 1.165) is 36.3 Å². The van der Waals surface area contributed by atoms with Crippen molar-refractivity contribution >= 4 is 5.69 Å². The molecule has 4 nitrogen and oxygen atoms in total. The van der Waals surface area contributed by atoms with E-state index in [-0.39, 0.29) is 11.7 Å². The fraction of sp³-hybridized carbons (Fsp3) is 0.455. The van der Waals surface area contributed by atoms with Crippen LogP contribution in [0.5, 0.6) is 0 Å². The molecule has 27 heavy (non-hydrogen) atoms. The van der Waals surface area contributed by atoms with Crippen molar-refractivity contribution in [2.75, 3.05) is 26.2 Å². The number of rotatable bonds is 3. The highest BCUT2D eigenvalue weighted by Gasteiger charge is 2.51. The number of halogens is 1. The molecule has 3 atom stereocenters. The first kappa shape index (κ1) is 17.0. The Balaban J connectivity index is 1.66. The lowest BCUT2D eigenvalue weighted by Gasteiger charge is -2.46. The van der Waals surface area contributed by atoms with Crippen LogP contribution in [0.4, 0.5) is 10.1 Å². The van der Waals surface area contributed by atoms with Crippen molar-refractivity contribution in [3.63, 3.8) is 0 Å². The van der Waals surface area contributed by atoms with Gasteiger partial charge in [-0.1, -0.05) is 30.3 Å². The van der Waals surface area contributed by atoms with E-state index in [1.54, 1.807) is 12.1 Å². The molecule has 0 amide bonds. The van der Waals surface area contributed by atoms with Gasteiger partial charge in [0.1, 0.15) is 11.4 Å². The van der Waals surface area contributed by atoms with Gasteiger partial charge in [-0.3, -0.25) is 4.90 Å². The van der Waals surface area contributed by atoms with Crippen molar-refractivity contribution in [2.45, 2.75) is 30.8 Å². The number of hydrogen-bond donors (Lipinski definition) is 1. The lowest BCUT2D eigenvalue weighted by atomic mass is 9.68. The highest BCUT2D eigenvalue weighted by molar-refractivity contribution is 5.57. The van der Waals surface area contributed by atoms with Gasteiger partial charge in [0.25, 0.3) is 0 Å². The average molecular weight is 364 g/mol. The Morgan fingerprint density at radius 3 is 2.63 bits per heavy atom. The van der Waals surface area contributed by atoms with Gasteiger partial charge < -0.3 is 5.32 Å². The fourth-order valence-corrected chi connectivity index (χ4v) is 5.26. The first-order valence-corrected chi connectivity index (χ1v) is 10.0. The molecule has 2 saturated heterocycles. The van der Waals surface area contributed by atoms with Gasteiger partial charge in [-0.2, -0.15) is 10.2 Å². The van der Waals surface area contributed by atoms with Crippen molar-refractivity contribution in [1.82, 2.24) is 10.2 Å². The monoisotopic (exact) mass is 364 g/mol. The number of hydrogen-bond acceptors (Lipinski definition) is 4. The molecule has 0 aromatic heterocycles. The number of nitrogens with one attached hydrogen (secondary N) is 1. The van der Waals surface area contributed by atoms with Gasteiger partial charge in [0.15, 0.2) is 0 Å². The van der Waals surface area contributed by atoms with Crippen LogP contribution in [-0.2, 0) is 5.54 Å². The summed E-state index contributed by atoms with van der Waals surface area (Å²) >= 11 is 0. The molecule has 5 rings (SSSR count). The fourth-order valence-electron chi connectivity index (χ4n) is 5.26. The number of nitrogens with zero attached hydrogens (tertiary/aromatic N) is 3. The van der Waals surface area contributed by atoms with Gasteiger partial charge >= 0.3 is 0 Å². The van der Waals surface area contributed by atoms with Crippen LogP contribution in [-0.4, -0.2) is 37.1 Å². The number of piperidine rings is 1. The molecule has 3 aliphatic heterocycles. The third-order valence-electron chi connectivity index (χ3n) is 6.51. The zero-order valence-electron chi connectivity index (χ0n) is 15.4. The van der Waals surface area contributed by atoms with Crippen LogP contribution in [0.3, 0.4) is 0 Å². The second kappa shape index (κ2) is 6.80. The lowest BCUT2D eigenvalue weighted by Crippen LogP contribution is -2.56. The van der Waals surface area contributed by atoms with Crippen LogP contribution in [0.15, 0.2) is 58.8 Å². The lowest BCUT2D eigenvalue weighted by molar-refractivity contribution is 0.0965. The summed E-state index contributed by atoms with van der Waals surface area (Å²) in [6.45, 7) is 4.26. The minimum atomic E-state index is -0.551. The topological polar surface area (TPSA) is 40.0 Å². The summed E-state index contributed by atoms with van der Waals surface area (Å²) in [6.07, 6.45) is 3.67. The zero-order chi connectivity index (χ0) is 18.3. The number of azo groups is 1. The van der Waals surface area contributed by atoms with E-state index in [4.69, 9.17) is 5.11 Å². The molecule has 3 aliphatic rings. The summed E-state index contributed by atoms with van der Waals surface area (Å²) in [5.41, 5.74) is 2.57. The SMILES string of the molecule is Fc1ccc(C2(C3CNCCC3N3CCCC3)N=Nc3ccccc32)cc1. The largest absolute Gasteiger partial charge is 0.316 e. The van der Waals surface area contributed by atoms with Gasteiger partial charge in [-0.25, -0.2) is 4.39 Å². The summed E-state index contributed by atoms with van der Waals surface area (Å²) < 4.78 is 13.7. The standard InChI is InChI=1S/C22H25FN4/c23-17-9-7-16(8-10-17)22(18-5-1-2-6-20(18)25-26-22)19-15-24-12-11-21(19)27-13-3-4-14-27/h1-2,5-10,19,21,24H,3-4,11-15H2. The highest BCUT2D eigenvalue weighted by Crippen LogP contribution is 2.52. The average Bonchev–Trinajstić information content (AvgIpc) is 3.38. The first-order chi connectivity index (χ1) is 13.3. The molecule has 140 valence electrons. The van der Waals surface area contributed by atoms with Crippen LogP contribution in [0.2, 0.25) is 0 Å². The van der Waals surface area contributed by atoms with E-state index in [2.05, 4.69) is 27.5 Å². The minimum absolute atomic E-state index is 0.213. The Morgan fingerprint density at radius 1 is 1.04 bits per heavy atom. The second-order valence-corrected chi connectivity index (χ2v) is 7.90. The van der Waals surface area contributed by atoms with Gasteiger partial charge in [-0.15, -0.1) is 0 Å². The molecule has 2 aromatic carbocycles. The summed E-state index contributed by atoms with van der Waals surface area (Å²) in [5.74, 6) is 0.0530. The maximum Gasteiger partial charge on any atom is 0.139 e. The molecule has 2 aromatic rings. The smallest absolute Gasteiger partial charge is 0.139 e. The predicted octanol–water partition coefficient (Wildman–Crippen LogP) is 4.24. The normalized spacial score (nSPS) is 30.6. The van der Waals surface area contributed by atoms with Gasteiger partial charge in [0, 0.05) is 24.1 Å². The molecule has 0 spiro atoms. The molecule has 5 heteroatoms. The Morgan fingerprint density at radius 2 is 1.81 bits per heavy atom. The maximum absolute atomic E-state index is 13.7. The minimum Gasteiger partial charge on any atom is -0.316 e. The Hall–Kier alpha value is -2.11. The van der Waals surface area contributed by atoms with Gasteiger partial charge in [-0.05, 0) is 62.7 Å². The molecule has 0 radical (unpaired) electrons. The first-order valence-electron chi connectivity index (χ1n) is 10.0. The third kappa shape index (κ3) is 2.72. The van der Waals surface area contributed by atoms with Crippen molar-refractivity contribution in [3.8, 4) is 0 Å². The molecule has 1 N–H and O–H groups in total. The Bertz CT molecular complexity index is 844. The number of fused-ring (bicyclic) bond motifs is 1. The molecule has 3 heterocycles. The Labute approximate surface area is 159 Å². The third-order valence-corrected chi connectivity index (χ3v) is 6.51. The summed E-state index contributed by atoms with van der Waals surface area (Å²) in [6, 6.07) is 15.6. The summed E-state index contributed by atoms with van der Waals surface area (Å²) in [5, 5.41) is 13.1. The van der Waals surface area contributed by atoms with Crippen LogP contribution >= 0.6 is 0 Å². The van der Waals surface area contributed by atoms with Crippen molar-refractivity contribution in [2.24, 2.45) is 16.1 Å². The van der Waals surface area contributed by atoms with Crippen LogP contribution in [0.1, 0.15) is 30.4 Å². The van der Waals surface area contributed by atoms with Crippen molar-refractivity contribution in [3.05, 3.63) is 65.5 Å².